The van der Waals surface area contributed by atoms with Crippen LogP contribution in [0.25, 0.3) is 0 Å². The molecule has 0 saturated carbocycles. The minimum Gasteiger partial charge on any atom is -0.361 e. The van der Waals surface area contributed by atoms with Crippen molar-refractivity contribution in [1.82, 2.24) is 4.90 Å². The monoisotopic (exact) mass is 321 g/mol. The molecule has 0 aromatic heterocycles. The number of rotatable bonds is 3. The Morgan fingerprint density at radius 1 is 1.09 bits per heavy atom. The molecule has 6 heteroatoms. The van der Waals surface area contributed by atoms with Gasteiger partial charge in [0.2, 0.25) is 5.72 Å². The summed E-state index contributed by atoms with van der Waals surface area (Å²) in [6, 6.07) is 14.0. The lowest BCUT2D eigenvalue weighted by molar-refractivity contribution is -0.190. The molecule has 3 nitrogen and oxygen atoms in total. The van der Waals surface area contributed by atoms with Crippen LogP contribution in [0.3, 0.4) is 0 Å². The standard InChI is InChI=1S/C16H13F2NO2S/c1-19-14(20)12-9-5-6-10-13(12)15(19,21)16(17,18)22-11-7-3-2-4-8-11/h2-10,21H,1H3. The second-order valence-corrected chi connectivity index (χ2v) is 6.20. The second-order valence-electron chi connectivity index (χ2n) is 5.01. The van der Waals surface area contributed by atoms with Crippen molar-refractivity contribution in [3.05, 3.63) is 65.7 Å². The SMILES string of the molecule is CN1C(=O)c2ccccc2C1(O)C(F)(F)Sc1ccccc1. The molecule has 1 unspecified atom stereocenters. The summed E-state index contributed by atoms with van der Waals surface area (Å²) in [4.78, 5) is 13.1. The summed E-state index contributed by atoms with van der Waals surface area (Å²) in [7, 11) is 1.18. The first-order valence-corrected chi connectivity index (χ1v) is 7.41. The number of alkyl halides is 2. The van der Waals surface area contributed by atoms with Gasteiger partial charge >= 0.3 is 5.25 Å². The van der Waals surface area contributed by atoms with E-state index in [2.05, 4.69) is 0 Å². The van der Waals surface area contributed by atoms with Gasteiger partial charge in [0.25, 0.3) is 5.91 Å². The van der Waals surface area contributed by atoms with Gasteiger partial charge in [-0.3, -0.25) is 4.79 Å². The summed E-state index contributed by atoms with van der Waals surface area (Å²) in [5.74, 6) is -0.619. The van der Waals surface area contributed by atoms with E-state index in [1.165, 1.54) is 37.4 Å². The van der Waals surface area contributed by atoms with Gasteiger partial charge in [-0.2, -0.15) is 8.78 Å². The molecule has 1 aliphatic heterocycles. The summed E-state index contributed by atoms with van der Waals surface area (Å²) in [6.07, 6.45) is 0. The number of fused-ring (bicyclic) bond motifs is 1. The molecule has 22 heavy (non-hydrogen) atoms. The van der Waals surface area contributed by atoms with Crippen LogP contribution in [0, 0.1) is 0 Å². The van der Waals surface area contributed by atoms with E-state index in [0.29, 0.717) is 9.80 Å². The Bertz CT molecular complexity index is 723. The predicted octanol–water partition coefficient (Wildman–Crippen LogP) is 3.30. The molecule has 1 heterocycles. The highest BCUT2D eigenvalue weighted by molar-refractivity contribution is 8.00. The maximum Gasteiger partial charge on any atom is 0.349 e. The zero-order valence-corrected chi connectivity index (χ0v) is 12.5. The van der Waals surface area contributed by atoms with E-state index in [-0.39, 0.29) is 22.9 Å². The zero-order valence-electron chi connectivity index (χ0n) is 11.7. The summed E-state index contributed by atoms with van der Waals surface area (Å²) in [6.45, 7) is 0. The van der Waals surface area contributed by atoms with E-state index >= 15 is 0 Å². The number of thioether (sulfide) groups is 1. The summed E-state index contributed by atoms with van der Waals surface area (Å²) in [5, 5.41) is 7.10. The number of aliphatic hydroxyl groups is 1. The van der Waals surface area contributed by atoms with Crippen LogP contribution < -0.4 is 0 Å². The number of carbonyl (C=O) groups is 1. The largest absolute Gasteiger partial charge is 0.361 e. The minimum atomic E-state index is -3.61. The van der Waals surface area contributed by atoms with Crippen LogP contribution in [0.15, 0.2) is 59.5 Å². The molecule has 0 aliphatic carbocycles. The molecule has 2 aromatic rings. The second kappa shape index (κ2) is 5.07. The van der Waals surface area contributed by atoms with E-state index in [4.69, 9.17) is 0 Å². The van der Waals surface area contributed by atoms with Crippen molar-refractivity contribution in [2.24, 2.45) is 0 Å². The average Bonchev–Trinajstić information content (AvgIpc) is 2.72. The third-order valence-electron chi connectivity index (χ3n) is 3.72. The lowest BCUT2D eigenvalue weighted by Gasteiger charge is -2.37. The molecule has 1 atom stereocenters. The van der Waals surface area contributed by atoms with Crippen LogP contribution in [-0.4, -0.2) is 28.2 Å². The molecular weight excluding hydrogens is 308 g/mol. The van der Waals surface area contributed by atoms with Crippen LogP contribution in [0.5, 0.6) is 0 Å². The van der Waals surface area contributed by atoms with Crippen LogP contribution in [-0.2, 0) is 5.72 Å². The number of benzene rings is 2. The molecule has 2 aromatic carbocycles. The van der Waals surface area contributed by atoms with Gasteiger partial charge in [0, 0.05) is 23.1 Å². The third-order valence-corrected chi connectivity index (χ3v) is 4.77. The smallest absolute Gasteiger partial charge is 0.349 e. The highest BCUT2D eigenvalue weighted by Crippen LogP contribution is 2.53. The molecule has 0 radical (unpaired) electrons. The lowest BCUT2D eigenvalue weighted by Crippen LogP contribution is -2.52. The van der Waals surface area contributed by atoms with Crippen LogP contribution in [0.4, 0.5) is 8.78 Å². The summed E-state index contributed by atoms with van der Waals surface area (Å²) >= 11 is 0.234. The Morgan fingerprint density at radius 3 is 2.36 bits per heavy atom. The average molecular weight is 321 g/mol. The fourth-order valence-corrected chi connectivity index (χ4v) is 3.52. The van der Waals surface area contributed by atoms with Crippen molar-refractivity contribution < 1.29 is 18.7 Å². The number of nitrogens with zero attached hydrogens (tertiary/aromatic N) is 1. The quantitative estimate of drug-likeness (QED) is 0.882. The van der Waals surface area contributed by atoms with E-state index in [0.717, 1.165) is 0 Å². The fraction of sp³-hybridized carbons (Fsp3) is 0.188. The van der Waals surface area contributed by atoms with E-state index in [1.807, 2.05) is 0 Å². The minimum absolute atomic E-state index is 0.0732. The first kappa shape index (κ1) is 15.0. The van der Waals surface area contributed by atoms with Gasteiger partial charge in [-0.1, -0.05) is 36.4 Å². The Balaban J connectivity index is 2.07. The summed E-state index contributed by atoms with van der Waals surface area (Å²) < 4.78 is 29.6. The Hall–Kier alpha value is -1.92. The molecular formula is C16H13F2NO2S. The van der Waals surface area contributed by atoms with Gasteiger partial charge in [0.05, 0.1) is 0 Å². The van der Waals surface area contributed by atoms with Gasteiger partial charge < -0.3 is 10.0 Å². The van der Waals surface area contributed by atoms with Crippen molar-refractivity contribution in [2.45, 2.75) is 15.9 Å². The first-order chi connectivity index (χ1) is 10.4. The highest BCUT2D eigenvalue weighted by atomic mass is 32.2. The molecule has 3 rings (SSSR count). The van der Waals surface area contributed by atoms with Crippen LogP contribution in [0.2, 0.25) is 0 Å². The molecule has 114 valence electrons. The maximum absolute atomic E-state index is 14.8. The molecule has 0 fully saturated rings. The molecule has 1 N–H and O–H groups in total. The highest BCUT2D eigenvalue weighted by Gasteiger charge is 2.63. The number of hydrogen-bond acceptors (Lipinski definition) is 3. The molecule has 0 spiro atoms. The van der Waals surface area contributed by atoms with Crippen molar-refractivity contribution in [1.29, 1.82) is 0 Å². The fourth-order valence-electron chi connectivity index (χ4n) is 2.54. The number of halogens is 2. The van der Waals surface area contributed by atoms with Crippen molar-refractivity contribution >= 4 is 17.7 Å². The topological polar surface area (TPSA) is 40.5 Å². The zero-order chi connectivity index (χ0) is 16.0. The van der Waals surface area contributed by atoms with Gasteiger partial charge in [-0.15, -0.1) is 0 Å². The lowest BCUT2D eigenvalue weighted by atomic mass is 10.0. The molecule has 1 amide bonds. The third kappa shape index (κ3) is 2.02. The first-order valence-electron chi connectivity index (χ1n) is 6.60. The summed E-state index contributed by atoms with van der Waals surface area (Å²) in [5.41, 5.74) is -2.65. The number of carbonyl (C=O) groups excluding carboxylic acids is 1. The van der Waals surface area contributed by atoms with E-state index < -0.39 is 16.9 Å². The van der Waals surface area contributed by atoms with Crippen molar-refractivity contribution in [3.63, 3.8) is 0 Å². The molecule has 1 aliphatic rings. The van der Waals surface area contributed by atoms with E-state index in [1.54, 1.807) is 24.3 Å². The van der Waals surface area contributed by atoms with Gasteiger partial charge in [-0.25, -0.2) is 0 Å². The number of hydrogen-bond donors (Lipinski definition) is 1. The number of amides is 1. The van der Waals surface area contributed by atoms with Crippen LogP contribution >= 0.6 is 11.8 Å². The Morgan fingerprint density at radius 2 is 1.68 bits per heavy atom. The predicted molar refractivity (Wildman–Crippen MR) is 79.7 cm³/mol. The van der Waals surface area contributed by atoms with Crippen LogP contribution in [0.1, 0.15) is 15.9 Å². The normalized spacial score (nSPS) is 21.1. The molecule has 0 bridgehead atoms. The molecule has 0 saturated heterocycles. The van der Waals surface area contributed by atoms with E-state index in [9.17, 15) is 18.7 Å². The van der Waals surface area contributed by atoms with Gasteiger partial charge in [-0.05, 0) is 30.0 Å². The Kier molecular flexibility index (Phi) is 3.45. The van der Waals surface area contributed by atoms with Gasteiger partial charge in [0.15, 0.2) is 0 Å². The Labute approximate surface area is 130 Å². The van der Waals surface area contributed by atoms with Gasteiger partial charge in [0.1, 0.15) is 0 Å². The van der Waals surface area contributed by atoms with Crippen molar-refractivity contribution in [2.75, 3.05) is 7.05 Å². The van der Waals surface area contributed by atoms with Crippen molar-refractivity contribution in [3.8, 4) is 0 Å². The maximum atomic E-state index is 14.8.